The fourth-order valence-corrected chi connectivity index (χ4v) is 3.04. The molecule has 1 saturated carbocycles. The Bertz CT molecular complexity index is 280. The van der Waals surface area contributed by atoms with Crippen molar-refractivity contribution in [2.75, 3.05) is 13.2 Å². The van der Waals surface area contributed by atoms with E-state index in [9.17, 15) is 4.79 Å². The van der Waals surface area contributed by atoms with Crippen LogP contribution in [0.5, 0.6) is 0 Å². The van der Waals surface area contributed by atoms with Gasteiger partial charge in [0.15, 0.2) is 0 Å². The van der Waals surface area contributed by atoms with E-state index in [1.807, 2.05) is 0 Å². The Labute approximate surface area is 110 Å². The second kappa shape index (κ2) is 6.02. The van der Waals surface area contributed by atoms with Crippen LogP contribution in [-0.2, 0) is 9.53 Å². The first-order valence-corrected chi connectivity index (χ1v) is 7.29. The van der Waals surface area contributed by atoms with Gasteiger partial charge in [0.1, 0.15) is 5.54 Å². The largest absolute Gasteiger partial charge is 0.379 e. The zero-order chi connectivity index (χ0) is 13.0. The van der Waals surface area contributed by atoms with E-state index in [-0.39, 0.29) is 11.9 Å². The van der Waals surface area contributed by atoms with E-state index < -0.39 is 5.54 Å². The number of carbonyl (C=O) groups excluding carboxylic acids is 1. The summed E-state index contributed by atoms with van der Waals surface area (Å²) in [6.45, 7) is 3.07. The number of ether oxygens (including phenoxy) is 1. The van der Waals surface area contributed by atoms with Gasteiger partial charge < -0.3 is 15.8 Å². The maximum absolute atomic E-state index is 12.2. The highest BCUT2D eigenvalue weighted by Gasteiger charge is 2.39. The van der Waals surface area contributed by atoms with Crippen LogP contribution in [-0.4, -0.2) is 30.7 Å². The summed E-state index contributed by atoms with van der Waals surface area (Å²) in [4.78, 5) is 12.2. The van der Waals surface area contributed by atoms with Crippen LogP contribution in [0.3, 0.4) is 0 Å². The number of nitrogens with one attached hydrogen (secondary N) is 1. The Balaban J connectivity index is 1.85. The van der Waals surface area contributed by atoms with Crippen molar-refractivity contribution in [2.24, 2.45) is 11.7 Å². The number of nitrogens with two attached hydrogens (primary N) is 1. The number of rotatable bonds is 3. The standard InChI is InChI=1S/C14H26N2O2/c1-11(12-6-4-2-3-5-7-12)16-13(17)14(15)8-9-18-10-14/h11-12H,2-10,15H2,1H3,(H,16,17)/t11-,14?/m1/s1. The molecule has 104 valence electrons. The smallest absolute Gasteiger partial charge is 0.242 e. The van der Waals surface area contributed by atoms with Gasteiger partial charge >= 0.3 is 0 Å². The molecule has 1 unspecified atom stereocenters. The van der Waals surface area contributed by atoms with E-state index in [1.54, 1.807) is 0 Å². The van der Waals surface area contributed by atoms with Gasteiger partial charge in [0.25, 0.3) is 0 Å². The monoisotopic (exact) mass is 254 g/mol. The summed E-state index contributed by atoms with van der Waals surface area (Å²) < 4.78 is 5.24. The first-order valence-electron chi connectivity index (χ1n) is 7.29. The predicted molar refractivity (Wildman–Crippen MR) is 71.2 cm³/mol. The third kappa shape index (κ3) is 3.23. The maximum atomic E-state index is 12.2. The van der Waals surface area contributed by atoms with E-state index in [0.29, 0.717) is 25.6 Å². The highest BCUT2D eigenvalue weighted by Crippen LogP contribution is 2.26. The molecule has 3 N–H and O–H groups in total. The number of amides is 1. The predicted octanol–water partition coefficient (Wildman–Crippen LogP) is 1.58. The van der Waals surface area contributed by atoms with E-state index in [4.69, 9.17) is 10.5 Å². The molecular weight excluding hydrogens is 228 g/mol. The minimum absolute atomic E-state index is 0.0308. The second-order valence-electron chi connectivity index (χ2n) is 5.97. The van der Waals surface area contributed by atoms with Crippen molar-refractivity contribution < 1.29 is 9.53 Å². The maximum Gasteiger partial charge on any atom is 0.242 e. The lowest BCUT2D eigenvalue weighted by molar-refractivity contribution is -0.127. The first kappa shape index (κ1) is 13.8. The van der Waals surface area contributed by atoms with Crippen molar-refractivity contribution in [3.63, 3.8) is 0 Å². The van der Waals surface area contributed by atoms with Gasteiger partial charge in [-0.15, -0.1) is 0 Å². The lowest BCUT2D eigenvalue weighted by Gasteiger charge is -2.28. The third-order valence-corrected chi connectivity index (χ3v) is 4.47. The summed E-state index contributed by atoms with van der Waals surface area (Å²) in [5.41, 5.74) is 5.28. The fraction of sp³-hybridized carbons (Fsp3) is 0.929. The molecule has 2 fully saturated rings. The zero-order valence-corrected chi connectivity index (χ0v) is 11.4. The molecule has 18 heavy (non-hydrogen) atoms. The molecule has 4 heteroatoms. The molecular formula is C14H26N2O2. The summed E-state index contributed by atoms with van der Waals surface area (Å²) in [5, 5.41) is 3.12. The van der Waals surface area contributed by atoms with E-state index in [0.717, 1.165) is 0 Å². The molecule has 1 aliphatic heterocycles. The van der Waals surface area contributed by atoms with Crippen LogP contribution in [0.25, 0.3) is 0 Å². The minimum Gasteiger partial charge on any atom is -0.379 e. The highest BCUT2D eigenvalue weighted by atomic mass is 16.5. The van der Waals surface area contributed by atoms with E-state index in [1.165, 1.54) is 38.5 Å². The summed E-state index contributed by atoms with van der Waals surface area (Å²) >= 11 is 0. The van der Waals surface area contributed by atoms with Gasteiger partial charge in [-0.3, -0.25) is 4.79 Å². The van der Waals surface area contributed by atoms with Gasteiger partial charge in [0.2, 0.25) is 5.91 Å². The van der Waals surface area contributed by atoms with Gasteiger partial charge in [-0.05, 0) is 32.1 Å². The average Bonchev–Trinajstić information content (AvgIpc) is 2.65. The average molecular weight is 254 g/mol. The number of carbonyl (C=O) groups is 1. The molecule has 4 nitrogen and oxygen atoms in total. The molecule has 1 amide bonds. The van der Waals surface area contributed by atoms with E-state index in [2.05, 4.69) is 12.2 Å². The van der Waals surface area contributed by atoms with Crippen LogP contribution in [0.1, 0.15) is 51.9 Å². The topological polar surface area (TPSA) is 64.4 Å². The summed E-state index contributed by atoms with van der Waals surface area (Å²) in [5.74, 6) is 0.583. The Kier molecular flexibility index (Phi) is 4.62. The molecule has 0 aromatic rings. The molecule has 0 radical (unpaired) electrons. The molecule has 0 bridgehead atoms. The van der Waals surface area contributed by atoms with Gasteiger partial charge in [-0.1, -0.05) is 25.7 Å². The quantitative estimate of drug-likeness (QED) is 0.752. The van der Waals surface area contributed by atoms with Crippen LogP contribution < -0.4 is 11.1 Å². The number of hydrogen-bond donors (Lipinski definition) is 2. The molecule has 0 aromatic carbocycles. The van der Waals surface area contributed by atoms with Crippen LogP contribution in [0.2, 0.25) is 0 Å². The summed E-state index contributed by atoms with van der Waals surface area (Å²) in [6.07, 6.45) is 8.36. The molecule has 0 spiro atoms. The van der Waals surface area contributed by atoms with E-state index >= 15 is 0 Å². The van der Waals surface area contributed by atoms with Gasteiger partial charge in [0.05, 0.1) is 6.61 Å². The summed E-state index contributed by atoms with van der Waals surface area (Å²) in [7, 11) is 0. The molecule has 2 aliphatic rings. The number of hydrogen-bond acceptors (Lipinski definition) is 3. The SMILES string of the molecule is C[C@@H](NC(=O)C1(N)CCOC1)C1CCCCCC1. The normalized spacial score (nSPS) is 31.9. The van der Waals surface area contributed by atoms with Gasteiger partial charge in [-0.25, -0.2) is 0 Å². The molecule has 1 aliphatic carbocycles. The molecule has 2 atom stereocenters. The molecule has 1 heterocycles. The van der Waals surface area contributed by atoms with Crippen LogP contribution in [0.15, 0.2) is 0 Å². The Hall–Kier alpha value is -0.610. The highest BCUT2D eigenvalue weighted by molar-refractivity contribution is 5.86. The Morgan fingerprint density at radius 2 is 2.00 bits per heavy atom. The molecule has 2 rings (SSSR count). The molecule has 1 saturated heterocycles. The lowest BCUT2D eigenvalue weighted by atomic mass is 9.91. The van der Waals surface area contributed by atoms with Crippen molar-refractivity contribution >= 4 is 5.91 Å². The van der Waals surface area contributed by atoms with Gasteiger partial charge in [0, 0.05) is 12.6 Å². The zero-order valence-electron chi connectivity index (χ0n) is 11.4. The fourth-order valence-electron chi connectivity index (χ4n) is 3.04. The Morgan fingerprint density at radius 3 is 2.56 bits per heavy atom. The van der Waals surface area contributed by atoms with Crippen molar-refractivity contribution in [3.05, 3.63) is 0 Å². The van der Waals surface area contributed by atoms with Crippen molar-refractivity contribution in [3.8, 4) is 0 Å². The lowest BCUT2D eigenvalue weighted by Crippen LogP contribution is -2.57. The van der Waals surface area contributed by atoms with Crippen LogP contribution in [0, 0.1) is 5.92 Å². The summed E-state index contributed by atoms with van der Waals surface area (Å²) in [6, 6.07) is 0.233. The van der Waals surface area contributed by atoms with Crippen molar-refractivity contribution in [1.82, 2.24) is 5.32 Å². The van der Waals surface area contributed by atoms with Gasteiger partial charge in [-0.2, -0.15) is 0 Å². The third-order valence-electron chi connectivity index (χ3n) is 4.47. The van der Waals surface area contributed by atoms with Crippen LogP contribution >= 0.6 is 0 Å². The van der Waals surface area contributed by atoms with Crippen LogP contribution in [0.4, 0.5) is 0 Å². The minimum atomic E-state index is -0.793. The van der Waals surface area contributed by atoms with Crippen molar-refractivity contribution in [1.29, 1.82) is 0 Å². The Morgan fingerprint density at radius 1 is 1.33 bits per heavy atom. The first-order chi connectivity index (χ1) is 8.62. The molecule has 0 aromatic heterocycles. The second-order valence-corrected chi connectivity index (χ2v) is 5.97. The van der Waals surface area contributed by atoms with Crippen molar-refractivity contribution in [2.45, 2.75) is 63.5 Å².